The molecule has 0 amide bonds. The van der Waals surface area contributed by atoms with E-state index in [9.17, 15) is 0 Å². The molecule has 2 aromatic heterocycles. The van der Waals surface area contributed by atoms with Crippen LogP contribution in [0.1, 0.15) is 5.76 Å². The van der Waals surface area contributed by atoms with Gasteiger partial charge in [0, 0.05) is 6.07 Å². The Kier molecular flexibility index (Phi) is 1.21. The van der Waals surface area contributed by atoms with Crippen LogP contribution in [0.25, 0.3) is 11.6 Å². The molecule has 0 aliphatic heterocycles. The largest absolute Gasteiger partial charge is 0.361 e. The molecule has 2 aromatic rings. The third-order valence-corrected chi connectivity index (χ3v) is 1.21. The van der Waals surface area contributed by atoms with Crippen molar-refractivity contribution in [2.45, 2.75) is 6.92 Å². The van der Waals surface area contributed by atoms with Gasteiger partial charge in [0.15, 0.2) is 12.0 Å². The molecule has 0 aliphatic rings. The molecule has 11 heavy (non-hydrogen) atoms. The first-order chi connectivity index (χ1) is 5.36. The summed E-state index contributed by atoms with van der Waals surface area (Å²) in [5.41, 5.74) is 0.569. The van der Waals surface area contributed by atoms with Gasteiger partial charge in [-0.2, -0.15) is 4.98 Å². The molecule has 5 nitrogen and oxygen atoms in total. The predicted octanol–water partition coefficient (Wildman–Crippen LogP) is 1.03. The Hall–Kier alpha value is -1.65. The van der Waals surface area contributed by atoms with Crippen LogP contribution in [0.3, 0.4) is 0 Å². The molecule has 0 unspecified atom stereocenters. The van der Waals surface area contributed by atoms with Crippen molar-refractivity contribution in [1.82, 2.24) is 15.3 Å². The van der Waals surface area contributed by atoms with Crippen LogP contribution in [-0.4, -0.2) is 15.3 Å². The molecule has 0 bridgehead atoms. The summed E-state index contributed by atoms with van der Waals surface area (Å²) in [4.78, 5) is 3.80. The molecule has 56 valence electrons. The lowest BCUT2D eigenvalue weighted by molar-refractivity contribution is 0.390. The van der Waals surface area contributed by atoms with Crippen molar-refractivity contribution in [2.75, 3.05) is 0 Å². The summed E-state index contributed by atoms with van der Waals surface area (Å²) >= 11 is 0. The van der Waals surface area contributed by atoms with E-state index in [2.05, 4.69) is 15.3 Å². The second kappa shape index (κ2) is 2.19. The average Bonchev–Trinajstić information content (AvgIpc) is 2.55. The summed E-state index contributed by atoms with van der Waals surface area (Å²) in [6.07, 6.45) is 1.32. The van der Waals surface area contributed by atoms with Crippen LogP contribution in [-0.2, 0) is 0 Å². The molecule has 0 fully saturated rings. The molecule has 2 rings (SSSR count). The second-order valence-corrected chi connectivity index (χ2v) is 2.07. The lowest BCUT2D eigenvalue weighted by atomic mass is 10.4. The second-order valence-electron chi connectivity index (χ2n) is 2.07. The van der Waals surface area contributed by atoms with Gasteiger partial charge in [-0.05, 0) is 6.92 Å². The van der Waals surface area contributed by atoms with Gasteiger partial charge in [-0.1, -0.05) is 10.3 Å². The fourth-order valence-electron chi connectivity index (χ4n) is 0.753. The fourth-order valence-corrected chi connectivity index (χ4v) is 0.753. The lowest BCUT2D eigenvalue weighted by Gasteiger charge is -1.77. The zero-order valence-electron chi connectivity index (χ0n) is 5.81. The van der Waals surface area contributed by atoms with Crippen molar-refractivity contribution in [3.05, 3.63) is 18.2 Å². The van der Waals surface area contributed by atoms with Crippen molar-refractivity contribution in [1.29, 1.82) is 0 Å². The van der Waals surface area contributed by atoms with E-state index in [1.165, 1.54) is 6.33 Å². The Morgan fingerprint density at radius 2 is 2.27 bits per heavy atom. The van der Waals surface area contributed by atoms with Crippen molar-refractivity contribution in [3.8, 4) is 11.6 Å². The summed E-state index contributed by atoms with van der Waals surface area (Å²) in [5, 5.41) is 7.13. The summed E-state index contributed by atoms with van der Waals surface area (Å²) in [5.74, 6) is 1.10. The van der Waals surface area contributed by atoms with Crippen LogP contribution in [0.15, 0.2) is 21.4 Å². The average molecular weight is 151 g/mol. The molecule has 0 saturated heterocycles. The van der Waals surface area contributed by atoms with Crippen molar-refractivity contribution >= 4 is 0 Å². The molecule has 0 aromatic carbocycles. The van der Waals surface area contributed by atoms with Gasteiger partial charge in [-0.15, -0.1) is 0 Å². The highest BCUT2D eigenvalue weighted by molar-refractivity contribution is 5.44. The molecule has 0 saturated carbocycles. The Morgan fingerprint density at radius 3 is 2.82 bits per heavy atom. The third-order valence-electron chi connectivity index (χ3n) is 1.21. The van der Waals surface area contributed by atoms with E-state index in [0.717, 1.165) is 5.76 Å². The minimum Gasteiger partial charge on any atom is -0.361 e. The molecule has 0 aliphatic carbocycles. The fraction of sp³-hybridized carbons (Fsp3) is 0.167. The van der Waals surface area contributed by atoms with Gasteiger partial charge >= 0.3 is 0 Å². The van der Waals surface area contributed by atoms with Crippen molar-refractivity contribution in [2.24, 2.45) is 0 Å². The van der Waals surface area contributed by atoms with Gasteiger partial charge in [0.2, 0.25) is 0 Å². The molecule has 0 radical (unpaired) electrons. The lowest BCUT2D eigenvalue weighted by Crippen LogP contribution is -1.73. The first kappa shape index (κ1) is 6.09. The first-order valence-electron chi connectivity index (χ1n) is 3.06. The SMILES string of the molecule is Cc1cc(-c2ncno2)no1. The maximum absolute atomic E-state index is 4.81. The highest BCUT2D eigenvalue weighted by atomic mass is 16.5. The smallest absolute Gasteiger partial charge is 0.279 e. The van der Waals surface area contributed by atoms with E-state index in [0.29, 0.717) is 11.6 Å². The molecule has 0 spiro atoms. The van der Waals surface area contributed by atoms with Crippen LogP contribution < -0.4 is 0 Å². The van der Waals surface area contributed by atoms with Crippen LogP contribution in [0, 0.1) is 6.92 Å². The van der Waals surface area contributed by atoms with E-state index in [1.807, 2.05) is 0 Å². The minimum atomic E-state index is 0.377. The van der Waals surface area contributed by atoms with E-state index >= 15 is 0 Å². The molecule has 2 heterocycles. The van der Waals surface area contributed by atoms with Gasteiger partial charge in [0.1, 0.15) is 5.76 Å². The van der Waals surface area contributed by atoms with E-state index in [1.54, 1.807) is 13.0 Å². The highest BCUT2D eigenvalue weighted by Gasteiger charge is 2.07. The number of aryl methyl sites for hydroxylation is 1. The zero-order valence-corrected chi connectivity index (χ0v) is 5.81. The monoisotopic (exact) mass is 151 g/mol. The van der Waals surface area contributed by atoms with Crippen LogP contribution >= 0.6 is 0 Å². The Labute approximate surface area is 62.0 Å². The van der Waals surface area contributed by atoms with Crippen LogP contribution in [0.4, 0.5) is 0 Å². The quantitative estimate of drug-likeness (QED) is 0.609. The van der Waals surface area contributed by atoms with Crippen LogP contribution in [0.5, 0.6) is 0 Å². The number of hydrogen-bond acceptors (Lipinski definition) is 5. The zero-order chi connectivity index (χ0) is 7.68. The summed E-state index contributed by atoms with van der Waals surface area (Å²) in [7, 11) is 0. The number of rotatable bonds is 1. The van der Waals surface area contributed by atoms with Gasteiger partial charge in [0.25, 0.3) is 5.89 Å². The maximum atomic E-state index is 4.81. The molecule has 0 N–H and O–H groups in total. The van der Waals surface area contributed by atoms with E-state index < -0.39 is 0 Å². The van der Waals surface area contributed by atoms with E-state index in [-0.39, 0.29) is 0 Å². The Morgan fingerprint density at radius 1 is 1.36 bits per heavy atom. The molecular weight excluding hydrogens is 146 g/mol. The maximum Gasteiger partial charge on any atom is 0.279 e. The third kappa shape index (κ3) is 1.000. The van der Waals surface area contributed by atoms with Gasteiger partial charge in [-0.3, -0.25) is 0 Å². The van der Waals surface area contributed by atoms with E-state index in [4.69, 9.17) is 9.05 Å². The number of nitrogens with zero attached hydrogens (tertiary/aromatic N) is 3. The summed E-state index contributed by atoms with van der Waals surface area (Å²) in [6, 6.07) is 1.73. The summed E-state index contributed by atoms with van der Waals surface area (Å²) in [6.45, 7) is 1.80. The standard InChI is InChI=1S/C6H5N3O2/c1-4-2-5(9-10-4)6-7-3-8-11-6/h2-3H,1H3. The molecule has 0 atom stereocenters. The van der Waals surface area contributed by atoms with Crippen molar-refractivity contribution < 1.29 is 9.05 Å². The predicted molar refractivity (Wildman–Crippen MR) is 34.5 cm³/mol. The molecule has 5 heteroatoms. The van der Waals surface area contributed by atoms with Gasteiger partial charge in [0.05, 0.1) is 0 Å². The topological polar surface area (TPSA) is 65.0 Å². The molecular formula is C6H5N3O2. The first-order valence-corrected chi connectivity index (χ1v) is 3.06. The summed E-state index contributed by atoms with van der Waals surface area (Å²) < 4.78 is 9.56. The van der Waals surface area contributed by atoms with Crippen molar-refractivity contribution in [3.63, 3.8) is 0 Å². The Bertz CT molecular complexity index is 338. The van der Waals surface area contributed by atoms with Gasteiger partial charge in [-0.25, -0.2) is 0 Å². The number of hydrogen-bond donors (Lipinski definition) is 0. The number of aromatic nitrogens is 3. The minimum absolute atomic E-state index is 0.377. The highest BCUT2D eigenvalue weighted by Crippen LogP contribution is 2.14. The Balaban J connectivity index is 2.45. The van der Waals surface area contributed by atoms with Crippen LogP contribution in [0.2, 0.25) is 0 Å². The van der Waals surface area contributed by atoms with Gasteiger partial charge < -0.3 is 9.05 Å². The normalized spacial score (nSPS) is 10.3.